The number of aryl methyl sites for hydroxylation is 1. The summed E-state index contributed by atoms with van der Waals surface area (Å²) >= 11 is 0. The summed E-state index contributed by atoms with van der Waals surface area (Å²) in [6, 6.07) is 2.13. The van der Waals surface area contributed by atoms with Crippen LogP contribution in [0.15, 0.2) is 21.7 Å². The molecule has 0 radical (unpaired) electrons. The highest BCUT2D eigenvalue weighted by molar-refractivity contribution is 5.70. The first-order valence-corrected chi connectivity index (χ1v) is 10.8. The van der Waals surface area contributed by atoms with Gasteiger partial charge in [0.25, 0.3) is 5.56 Å². The smallest absolute Gasteiger partial charge is 0.332 e. The molecule has 1 N–H and O–H groups in total. The van der Waals surface area contributed by atoms with E-state index in [-0.39, 0.29) is 22.1 Å². The van der Waals surface area contributed by atoms with Crippen molar-refractivity contribution in [2.24, 2.45) is 5.41 Å². The molecule has 5 rings (SSSR count). The SMILES string of the molecule is CCCn1c(=O)c2[nH]c(C34CCC(C=CC#N)(CC3)CC4)nc2n(CCC)c1=O. The van der Waals surface area contributed by atoms with E-state index < -0.39 is 0 Å². The van der Waals surface area contributed by atoms with Gasteiger partial charge >= 0.3 is 5.69 Å². The molecular formula is C22H29N5O2. The van der Waals surface area contributed by atoms with Crippen molar-refractivity contribution in [3.05, 3.63) is 38.8 Å². The zero-order valence-electron chi connectivity index (χ0n) is 17.3. The Morgan fingerprint density at radius 1 is 1.07 bits per heavy atom. The highest BCUT2D eigenvalue weighted by Gasteiger charge is 2.49. The zero-order valence-corrected chi connectivity index (χ0v) is 17.3. The van der Waals surface area contributed by atoms with E-state index in [1.165, 1.54) is 4.57 Å². The fourth-order valence-electron chi connectivity index (χ4n) is 5.30. The monoisotopic (exact) mass is 395 g/mol. The van der Waals surface area contributed by atoms with Gasteiger partial charge in [0.2, 0.25) is 0 Å². The number of nitrogens with one attached hydrogen (secondary N) is 1. The van der Waals surface area contributed by atoms with Gasteiger partial charge in [0.05, 0.1) is 6.07 Å². The first-order valence-electron chi connectivity index (χ1n) is 10.8. The van der Waals surface area contributed by atoms with Crippen LogP contribution in [0.1, 0.15) is 71.0 Å². The van der Waals surface area contributed by atoms with Crippen LogP contribution in [0.5, 0.6) is 0 Å². The van der Waals surface area contributed by atoms with Gasteiger partial charge in [-0.25, -0.2) is 9.78 Å². The summed E-state index contributed by atoms with van der Waals surface area (Å²) in [6.07, 6.45) is 11.3. The molecule has 2 aromatic heterocycles. The van der Waals surface area contributed by atoms with Gasteiger partial charge < -0.3 is 4.98 Å². The molecule has 0 atom stereocenters. The predicted molar refractivity (Wildman–Crippen MR) is 112 cm³/mol. The van der Waals surface area contributed by atoms with Gasteiger partial charge in [0.1, 0.15) is 11.3 Å². The van der Waals surface area contributed by atoms with Gasteiger partial charge in [0, 0.05) is 24.6 Å². The lowest BCUT2D eigenvalue weighted by molar-refractivity contribution is 0.0741. The number of H-pyrrole nitrogens is 1. The van der Waals surface area contributed by atoms with Crippen molar-refractivity contribution in [1.82, 2.24) is 19.1 Å². The standard InChI is InChI=1S/C22H29N5O2/c1-3-14-26-17-16(18(28)27(15-4-2)20(26)29)24-19(25-17)22-10-7-21(8-11-22,9-12-22)6-5-13-23/h5-6H,3-4,7-12,14-15H2,1-2H3,(H,24,25). The minimum absolute atomic E-state index is 0.0592. The lowest BCUT2D eigenvalue weighted by atomic mass is 9.53. The van der Waals surface area contributed by atoms with Crippen molar-refractivity contribution in [3.8, 4) is 6.07 Å². The Balaban J connectivity index is 1.79. The fourth-order valence-corrected chi connectivity index (χ4v) is 5.30. The number of rotatable bonds is 6. The van der Waals surface area contributed by atoms with Gasteiger partial charge in [-0.2, -0.15) is 5.26 Å². The second-order valence-electron chi connectivity index (χ2n) is 8.78. The molecule has 3 saturated carbocycles. The largest absolute Gasteiger partial charge is 0.336 e. The molecule has 0 spiro atoms. The van der Waals surface area contributed by atoms with Crippen LogP contribution in [0.3, 0.4) is 0 Å². The van der Waals surface area contributed by atoms with Gasteiger partial charge in [-0.3, -0.25) is 13.9 Å². The Labute approximate surface area is 170 Å². The second kappa shape index (κ2) is 7.33. The highest BCUT2D eigenvalue weighted by Crippen LogP contribution is 2.57. The fraction of sp³-hybridized carbons (Fsp3) is 0.636. The van der Waals surface area contributed by atoms with Crippen molar-refractivity contribution in [3.63, 3.8) is 0 Å². The summed E-state index contributed by atoms with van der Waals surface area (Å²) in [5.74, 6) is 0.862. The summed E-state index contributed by atoms with van der Waals surface area (Å²) in [5.41, 5.74) is 0.535. The molecule has 0 amide bonds. The Morgan fingerprint density at radius 2 is 1.69 bits per heavy atom. The number of aromatic nitrogens is 4. The molecule has 7 nitrogen and oxygen atoms in total. The molecule has 3 aliphatic carbocycles. The maximum atomic E-state index is 13.0. The van der Waals surface area contributed by atoms with E-state index in [1.54, 1.807) is 10.6 Å². The van der Waals surface area contributed by atoms with Crippen LogP contribution in [0.25, 0.3) is 11.2 Å². The Morgan fingerprint density at radius 3 is 2.28 bits per heavy atom. The van der Waals surface area contributed by atoms with Gasteiger partial charge in [-0.15, -0.1) is 0 Å². The molecule has 3 fully saturated rings. The van der Waals surface area contributed by atoms with Gasteiger partial charge in [-0.05, 0) is 56.8 Å². The average Bonchev–Trinajstić information content (AvgIpc) is 3.20. The van der Waals surface area contributed by atoms with Crippen LogP contribution in [-0.2, 0) is 18.5 Å². The van der Waals surface area contributed by atoms with Crippen LogP contribution in [0.2, 0.25) is 0 Å². The number of hydrogen-bond donors (Lipinski definition) is 1. The minimum atomic E-state index is -0.257. The maximum absolute atomic E-state index is 13.0. The summed E-state index contributed by atoms with van der Waals surface area (Å²) in [6.45, 7) is 4.97. The third kappa shape index (κ3) is 3.06. The molecule has 3 aliphatic rings. The summed E-state index contributed by atoms with van der Waals surface area (Å²) in [5, 5.41) is 8.90. The van der Waals surface area contributed by atoms with Crippen molar-refractivity contribution in [2.45, 2.75) is 83.7 Å². The van der Waals surface area contributed by atoms with E-state index >= 15 is 0 Å². The van der Waals surface area contributed by atoms with E-state index in [0.717, 1.165) is 57.2 Å². The number of allylic oxidation sites excluding steroid dienone is 2. The summed E-state index contributed by atoms with van der Waals surface area (Å²) < 4.78 is 3.01. The topological polar surface area (TPSA) is 96.5 Å². The number of imidazole rings is 1. The predicted octanol–water partition coefficient (Wildman–Crippen LogP) is 3.38. The third-order valence-electron chi connectivity index (χ3n) is 7.07. The van der Waals surface area contributed by atoms with E-state index in [1.807, 2.05) is 13.8 Å². The van der Waals surface area contributed by atoms with Crippen molar-refractivity contribution < 1.29 is 0 Å². The van der Waals surface area contributed by atoms with Crippen LogP contribution in [0, 0.1) is 16.7 Å². The molecule has 0 aromatic carbocycles. The van der Waals surface area contributed by atoms with Crippen molar-refractivity contribution >= 4 is 11.2 Å². The Kier molecular flexibility index (Phi) is 4.97. The van der Waals surface area contributed by atoms with E-state index in [0.29, 0.717) is 24.3 Å². The Hall–Kier alpha value is -2.62. The summed E-state index contributed by atoms with van der Waals surface area (Å²) in [4.78, 5) is 34.1. The van der Waals surface area contributed by atoms with Gasteiger partial charge in [-0.1, -0.05) is 19.9 Å². The van der Waals surface area contributed by atoms with Crippen LogP contribution < -0.4 is 11.2 Å². The lowest BCUT2D eigenvalue weighted by Crippen LogP contribution is -2.43. The van der Waals surface area contributed by atoms with Gasteiger partial charge in [0.15, 0.2) is 5.65 Å². The van der Waals surface area contributed by atoms with E-state index in [9.17, 15) is 9.59 Å². The first kappa shape index (κ1) is 19.7. The maximum Gasteiger partial charge on any atom is 0.332 e. The van der Waals surface area contributed by atoms with Crippen LogP contribution in [-0.4, -0.2) is 19.1 Å². The average molecular weight is 396 g/mol. The molecular weight excluding hydrogens is 366 g/mol. The number of aromatic amines is 1. The van der Waals surface area contributed by atoms with E-state index in [4.69, 9.17) is 10.2 Å². The molecule has 0 aliphatic heterocycles. The lowest BCUT2D eigenvalue weighted by Gasteiger charge is -2.51. The third-order valence-corrected chi connectivity index (χ3v) is 7.07. The molecule has 2 bridgehead atoms. The summed E-state index contributed by atoms with van der Waals surface area (Å²) in [7, 11) is 0. The molecule has 2 heterocycles. The molecule has 0 saturated heterocycles. The highest BCUT2D eigenvalue weighted by atomic mass is 16.2. The van der Waals surface area contributed by atoms with E-state index in [2.05, 4.69) is 17.1 Å². The number of fused-ring (bicyclic) bond motifs is 4. The number of hydrogen-bond acceptors (Lipinski definition) is 4. The quantitative estimate of drug-likeness (QED) is 0.758. The normalized spacial score (nSPS) is 26.4. The number of nitrogens with zero attached hydrogens (tertiary/aromatic N) is 4. The molecule has 0 unspecified atom stereocenters. The molecule has 7 heteroatoms. The molecule has 29 heavy (non-hydrogen) atoms. The van der Waals surface area contributed by atoms with Crippen molar-refractivity contribution in [2.75, 3.05) is 0 Å². The molecule has 154 valence electrons. The van der Waals surface area contributed by atoms with Crippen LogP contribution >= 0.6 is 0 Å². The first-order chi connectivity index (χ1) is 14.0. The van der Waals surface area contributed by atoms with Crippen molar-refractivity contribution in [1.29, 1.82) is 5.26 Å². The Bertz CT molecular complexity index is 1090. The van der Waals surface area contributed by atoms with Crippen LogP contribution in [0.4, 0.5) is 0 Å². The zero-order chi connectivity index (χ0) is 20.6. The minimum Gasteiger partial charge on any atom is -0.336 e. The molecule has 2 aromatic rings. The number of nitriles is 1. The second-order valence-corrected chi connectivity index (χ2v) is 8.78.